The van der Waals surface area contributed by atoms with Gasteiger partial charge in [0.25, 0.3) is 0 Å². The van der Waals surface area contributed by atoms with Crippen molar-refractivity contribution in [3.8, 4) is 0 Å². The maximum Gasteiger partial charge on any atom is 0.435 e. The summed E-state index contributed by atoms with van der Waals surface area (Å²) in [6.45, 7) is 0. The van der Waals surface area contributed by atoms with E-state index in [1.807, 2.05) is 0 Å². The number of halogens is 3. The van der Waals surface area contributed by atoms with E-state index in [0.29, 0.717) is 12.8 Å². The molecule has 0 spiro atoms. The number of hydrogen-bond donors (Lipinski definition) is 2. The molecule has 2 fully saturated rings. The van der Waals surface area contributed by atoms with Crippen LogP contribution in [0.4, 0.5) is 13.2 Å². The Kier molecular flexibility index (Phi) is 3.23. The lowest BCUT2D eigenvalue weighted by Gasteiger charge is -2.26. The molecule has 2 aliphatic carbocycles. The molecule has 1 aromatic heterocycles. The minimum absolute atomic E-state index is 0.225. The lowest BCUT2D eigenvalue weighted by Crippen LogP contribution is -2.51. The number of hydrogen-bond acceptors (Lipinski definition) is 3. The first-order chi connectivity index (χ1) is 9.80. The second-order valence-corrected chi connectivity index (χ2v) is 5.88. The van der Waals surface area contributed by atoms with E-state index in [2.05, 4.69) is 10.4 Å². The minimum atomic E-state index is -4.47. The molecule has 0 aromatic carbocycles. The number of aromatic nitrogens is 2. The number of nitrogens with one attached hydrogen (secondary N) is 1. The molecule has 8 heteroatoms. The van der Waals surface area contributed by atoms with Gasteiger partial charge in [-0.1, -0.05) is 0 Å². The molecule has 2 atom stereocenters. The van der Waals surface area contributed by atoms with E-state index in [0.717, 1.165) is 18.9 Å². The zero-order valence-electron chi connectivity index (χ0n) is 11.2. The predicted molar refractivity (Wildman–Crippen MR) is 66.6 cm³/mol. The molecular weight excluding hydrogens is 287 g/mol. The summed E-state index contributed by atoms with van der Waals surface area (Å²) in [5.74, 6) is -0.930. The quantitative estimate of drug-likeness (QED) is 0.895. The van der Waals surface area contributed by atoms with Gasteiger partial charge in [0.15, 0.2) is 5.69 Å². The van der Waals surface area contributed by atoms with Gasteiger partial charge in [0, 0.05) is 12.2 Å². The van der Waals surface area contributed by atoms with E-state index in [4.69, 9.17) is 0 Å². The van der Waals surface area contributed by atoms with Gasteiger partial charge in [-0.15, -0.1) is 0 Å². The van der Waals surface area contributed by atoms with E-state index in [1.165, 1.54) is 10.9 Å². The van der Waals surface area contributed by atoms with Gasteiger partial charge in [-0.3, -0.25) is 14.8 Å². The SMILES string of the molecule is O=C(O)C1(NC2CC2)CCC(n2ccc(C(F)(F)F)n2)C1. The fraction of sp³-hybridized carbons (Fsp3) is 0.692. The number of carboxylic acid groups (broad SMARTS) is 1. The van der Waals surface area contributed by atoms with Crippen molar-refractivity contribution >= 4 is 5.97 Å². The van der Waals surface area contributed by atoms with Crippen molar-refractivity contribution < 1.29 is 23.1 Å². The minimum Gasteiger partial charge on any atom is -0.480 e. The number of alkyl halides is 3. The summed E-state index contributed by atoms with van der Waals surface area (Å²) < 4.78 is 39.0. The predicted octanol–water partition coefficient (Wildman–Crippen LogP) is 2.20. The topological polar surface area (TPSA) is 67.2 Å². The molecule has 3 rings (SSSR count). The Morgan fingerprint density at radius 1 is 1.43 bits per heavy atom. The van der Waals surface area contributed by atoms with Gasteiger partial charge in [0.2, 0.25) is 0 Å². The third-order valence-electron chi connectivity index (χ3n) is 4.23. The summed E-state index contributed by atoms with van der Waals surface area (Å²) in [5, 5.41) is 16.2. The summed E-state index contributed by atoms with van der Waals surface area (Å²) in [5.41, 5.74) is -1.97. The number of nitrogens with zero attached hydrogens (tertiary/aromatic N) is 2. The van der Waals surface area contributed by atoms with E-state index < -0.39 is 23.4 Å². The second-order valence-electron chi connectivity index (χ2n) is 5.88. The van der Waals surface area contributed by atoms with Crippen LogP contribution in [-0.2, 0) is 11.0 Å². The molecule has 2 aliphatic rings. The molecular formula is C13H16F3N3O2. The van der Waals surface area contributed by atoms with Crippen LogP contribution in [0, 0.1) is 0 Å². The largest absolute Gasteiger partial charge is 0.480 e. The summed E-state index contributed by atoms with van der Waals surface area (Å²) in [4.78, 5) is 11.6. The molecule has 1 heterocycles. The van der Waals surface area contributed by atoms with Crippen molar-refractivity contribution in [1.82, 2.24) is 15.1 Å². The fourth-order valence-corrected chi connectivity index (χ4v) is 2.94. The fourth-order valence-electron chi connectivity index (χ4n) is 2.94. The highest BCUT2D eigenvalue weighted by molar-refractivity contribution is 5.79. The van der Waals surface area contributed by atoms with Gasteiger partial charge in [0.1, 0.15) is 5.54 Å². The molecule has 2 unspecified atom stereocenters. The van der Waals surface area contributed by atoms with Crippen molar-refractivity contribution in [1.29, 1.82) is 0 Å². The first kappa shape index (κ1) is 14.4. The zero-order valence-corrected chi connectivity index (χ0v) is 11.2. The van der Waals surface area contributed by atoms with Crippen molar-refractivity contribution in [2.75, 3.05) is 0 Å². The Morgan fingerprint density at radius 2 is 2.14 bits per heavy atom. The lowest BCUT2D eigenvalue weighted by atomic mass is 9.97. The molecule has 0 saturated heterocycles. The molecule has 21 heavy (non-hydrogen) atoms. The van der Waals surface area contributed by atoms with Crippen molar-refractivity contribution in [2.45, 2.75) is 55.9 Å². The molecule has 2 saturated carbocycles. The molecule has 0 amide bonds. The Hall–Kier alpha value is -1.57. The van der Waals surface area contributed by atoms with E-state index in [-0.39, 0.29) is 18.5 Å². The molecule has 5 nitrogen and oxygen atoms in total. The second kappa shape index (κ2) is 4.72. The Balaban J connectivity index is 1.76. The van der Waals surface area contributed by atoms with Gasteiger partial charge >= 0.3 is 12.1 Å². The smallest absolute Gasteiger partial charge is 0.435 e. The molecule has 0 bridgehead atoms. The van der Waals surface area contributed by atoms with Crippen LogP contribution < -0.4 is 5.32 Å². The van der Waals surface area contributed by atoms with E-state index in [1.54, 1.807) is 0 Å². The van der Waals surface area contributed by atoms with Crippen LogP contribution in [0.2, 0.25) is 0 Å². The molecule has 2 N–H and O–H groups in total. The van der Waals surface area contributed by atoms with Gasteiger partial charge in [-0.2, -0.15) is 18.3 Å². The molecule has 1 aromatic rings. The zero-order chi connectivity index (χ0) is 15.3. The summed E-state index contributed by atoms with van der Waals surface area (Å²) in [7, 11) is 0. The van der Waals surface area contributed by atoms with Crippen molar-refractivity contribution in [2.24, 2.45) is 0 Å². The van der Waals surface area contributed by atoms with E-state index >= 15 is 0 Å². The average molecular weight is 303 g/mol. The number of carboxylic acids is 1. The third-order valence-corrected chi connectivity index (χ3v) is 4.23. The standard InChI is InChI=1S/C13H16F3N3O2/c14-13(15,16)10-4-6-19(18-10)9-3-5-12(7-9,11(20)21)17-8-1-2-8/h4,6,8-9,17H,1-3,5,7H2,(H,20,21). The number of rotatable bonds is 4. The summed E-state index contributed by atoms with van der Waals surface area (Å²) in [6, 6.07) is 0.835. The van der Waals surface area contributed by atoms with Crippen LogP contribution in [0.25, 0.3) is 0 Å². The normalized spacial score (nSPS) is 29.8. The lowest BCUT2D eigenvalue weighted by molar-refractivity contribution is -0.145. The van der Waals surface area contributed by atoms with Gasteiger partial charge in [-0.05, 0) is 38.2 Å². The Bertz CT molecular complexity index is 553. The van der Waals surface area contributed by atoms with Gasteiger partial charge < -0.3 is 5.11 Å². The summed E-state index contributed by atoms with van der Waals surface area (Å²) >= 11 is 0. The first-order valence-electron chi connectivity index (χ1n) is 6.94. The Morgan fingerprint density at radius 3 is 2.67 bits per heavy atom. The van der Waals surface area contributed by atoms with Crippen LogP contribution in [0.1, 0.15) is 43.8 Å². The first-order valence-corrected chi connectivity index (χ1v) is 6.94. The summed E-state index contributed by atoms with van der Waals surface area (Å²) in [6.07, 6.45) is -0.102. The molecule has 0 radical (unpaired) electrons. The van der Waals surface area contributed by atoms with Crippen LogP contribution in [0.15, 0.2) is 12.3 Å². The Labute approximate surface area is 119 Å². The third kappa shape index (κ3) is 2.76. The highest BCUT2D eigenvalue weighted by Gasteiger charge is 2.49. The highest BCUT2D eigenvalue weighted by Crippen LogP contribution is 2.40. The average Bonchev–Trinajstić information content (AvgIpc) is 2.91. The van der Waals surface area contributed by atoms with Crippen LogP contribution in [0.3, 0.4) is 0 Å². The van der Waals surface area contributed by atoms with Gasteiger partial charge in [-0.25, -0.2) is 0 Å². The molecule has 116 valence electrons. The van der Waals surface area contributed by atoms with Crippen molar-refractivity contribution in [3.05, 3.63) is 18.0 Å². The number of aliphatic carboxylic acids is 1. The highest BCUT2D eigenvalue weighted by atomic mass is 19.4. The van der Waals surface area contributed by atoms with Crippen molar-refractivity contribution in [3.63, 3.8) is 0 Å². The maximum atomic E-state index is 12.6. The maximum absolute atomic E-state index is 12.6. The van der Waals surface area contributed by atoms with E-state index in [9.17, 15) is 23.1 Å². The monoisotopic (exact) mass is 303 g/mol. The molecule has 0 aliphatic heterocycles. The van der Waals surface area contributed by atoms with Crippen LogP contribution >= 0.6 is 0 Å². The van der Waals surface area contributed by atoms with Crippen LogP contribution in [-0.4, -0.2) is 32.4 Å². The number of carbonyl (C=O) groups is 1. The van der Waals surface area contributed by atoms with Gasteiger partial charge in [0.05, 0.1) is 6.04 Å². The van der Waals surface area contributed by atoms with Crippen LogP contribution in [0.5, 0.6) is 0 Å².